The second-order valence-corrected chi connectivity index (χ2v) is 20.4. The Kier molecular flexibility index (Phi) is 14.1. The summed E-state index contributed by atoms with van der Waals surface area (Å²) in [5, 5.41) is 5.57. The number of nitrogens with zero attached hydrogens (tertiary/aromatic N) is 6. The van der Waals surface area contributed by atoms with Crippen molar-refractivity contribution in [1.82, 2.24) is 18.6 Å². The number of aryl methyl sites for hydroxylation is 2. The Hall–Kier alpha value is -4.82. The molecule has 6 aromatic rings. The molecule has 0 atom stereocenters. The van der Waals surface area contributed by atoms with Crippen LogP contribution in [0, 0.1) is 19.7 Å². The molecule has 0 spiro atoms. The van der Waals surface area contributed by atoms with E-state index >= 15 is 0 Å². The molecule has 0 unspecified atom stereocenters. The average Bonchev–Trinajstić information content (AvgIpc) is 3.99. The van der Waals surface area contributed by atoms with Gasteiger partial charge in [0.15, 0.2) is 21.8 Å². The van der Waals surface area contributed by atoms with Crippen molar-refractivity contribution in [2.24, 2.45) is 0 Å². The van der Waals surface area contributed by atoms with E-state index in [0.717, 1.165) is 32.6 Å². The summed E-state index contributed by atoms with van der Waals surface area (Å²) in [5.74, 6) is 1.19. The summed E-state index contributed by atoms with van der Waals surface area (Å²) in [7, 11) is -2.26. The van der Waals surface area contributed by atoms with Gasteiger partial charge in [0.1, 0.15) is 5.82 Å². The summed E-state index contributed by atoms with van der Waals surface area (Å²) in [6, 6.07) is 22.2. The molecule has 2 aliphatic heterocycles. The molecule has 4 heterocycles. The first kappa shape index (κ1) is 45.2. The van der Waals surface area contributed by atoms with Crippen molar-refractivity contribution in [3.05, 3.63) is 112 Å². The molecule has 0 amide bonds. The van der Waals surface area contributed by atoms with Crippen molar-refractivity contribution < 1.29 is 35.4 Å². The lowest BCUT2D eigenvalue weighted by Gasteiger charge is -2.33. The molecule has 19 heteroatoms. The number of benzene rings is 4. The second-order valence-electron chi connectivity index (χ2n) is 14.5. The van der Waals surface area contributed by atoms with Crippen LogP contribution in [0.15, 0.2) is 99.4 Å². The molecule has 2 aliphatic rings. The molecular formula is C43H46ClFN6O7S4. The van der Waals surface area contributed by atoms with Crippen molar-refractivity contribution >= 4 is 64.6 Å². The van der Waals surface area contributed by atoms with E-state index in [0.29, 0.717) is 90.7 Å². The van der Waals surface area contributed by atoms with Crippen LogP contribution in [0.2, 0.25) is 5.02 Å². The number of halogens is 2. The third kappa shape index (κ3) is 9.86. The molecule has 0 bridgehead atoms. The maximum Gasteiger partial charge on any atom is 0.243 e. The van der Waals surface area contributed by atoms with Gasteiger partial charge >= 0.3 is 0 Å². The van der Waals surface area contributed by atoms with E-state index in [-0.39, 0.29) is 5.02 Å². The first-order chi connectivity index (χ1) is 29.7. The number of rotatable bonds is 11. The summed E-state index contributed by atoms with van der Waals surface area (Å²) in [5.41, 5.74) is 5.04. The minimum Gasteiger partial charge on any atom is -0.493 e. The highest BCUT2D eigenvalue weighted by Gasteiger charge is 2.31. The Morgan fingerprint density at radius 3 is 1.39 bits per heavy atom. The van der Waals surface area contributed by atoms with Gasteiger partial charge in [0.2, 0.25) is 25.8 Å². The Balaban J connectivity index is 0.000000188. The minimum atomic E-state index is -3.50. The summed E-state index contributed by atoms with van der Waals surface area (Å²) >= 11 is 8.73. The van der Waals surface area contributed by atoms with Crippen LogP contribution >= 0.6 is 34.3 Å². The number of anilines is 2. The fourth-order valence-electron chi connectivity index (χ4n) is 6.93. The molecular weight excluding hydrogens is 895 g/mol. The van der Waals surface area contributed by atoms with E-state index in [1.165, 1.54) is 39.1 Å². The van der Waals surface area contributed by atoms with Gasteiger partial charge in [0.05, 0.1) is 47.5 Å². The van der Waals surface area contributed by atoms with Gasteiger partial charge < -0.3 is 24.0 Å². The van der Waals surface area contributed by atoms with Crippen molar-refractivity contribution in [2.45, 2.75) is 23.6 Å². The number of piperazine rings is 2. The van der Waals surface area contributed by atoms with E-state index in [4.69, 9.17) is 30.8 Å². The van der Waals surface area contributed by atoms with Crippen LogP contribution in [0.5, 0.6) is 17.2 Å². The van der Waals surface area contributed by atoms with Crippen LogP contribution in [0.3, 0.4) is 0 Å². The van der Waals surface area contributed by atoms with Crippen molar-refractivity contribution in [1.29, 1.82) is 0 Å². The van der Waals surface area contributed by atoms with E-state index in [2.05, 4.69) is 14.8 Å². The SMILES string of the molecule is COc1cc(-c2csc(N3CCN(S(=O)(=O)c4ccc(C)cc4)CC3)n2)cc(OC)c1OC.Cc1ccc(S(=O)(=O)N2CCN(c3nc(-c4ccc(Cl)c(F)c4)cs3)CC2)cc1. The van der Waals surface area contributed by atoms with E-state index in [1.54, 1.807) is 68.1 Å². The molecule has 13 nitrogen and oxygen atoms in total. The Bertz CT molecular complexity index is 2690. The number of ether oxygens (including phenoxy) is 3. The Morgan fingerprint density at radius 2 is 1.00 bits per heavy atom. The van der Waals surface area contributed by atoms with Gasteiger partial charge in [-0.25, -0.2) is 31.2 Å². The first-order valence-corrected chi connectivity index (χ1v) is 24.5. The van der Waals surface area contributed by atoms with Gasteiger partial charge in [0.25, 0.3) is 0 Å². The van der Waals surface area contributed by atoms with Gasteiger partial charge in [-0.15, -0.1) is 22.7 Å². The van der Waals surface area contributed by atoms with E-state index < -0.39 is 25.9 Å². The molecule has 4 aromatic carbocycles. The van der Waals surface area contributed by atoms with E-state index in [9.17, 15) is 21.2 Å². The first-order valence-electron chi connectivity index (χ1n) is 19.5. The monoisotopic (exact) mass is 940 g/mol. The predicted molar refractivity (Wildman–Crippen MR) is 244 cm³/mol. The number of sulfonamides is 2. The highest BCUT2D eigenvalue weighted by atomic mass is 35.5. The molecule has 2 aromatic heterocycles. The molecule has 0 N–H and O–H groups in total. The van der Waals surface area contributed by atoms with Gasteiger partial charge in [-0.3, -0.25) is 0 Å². The normalized spacial score (nSPS) is 15.2. The molecule has 0 saturated carbocycles. The van der Waals surface area contributed by atoms with Gasteiger partial charge in [-0.2, -0.15) is 8.61 Å². The quantitative estimate of drug-likeness (QED) is 0.125. The summed E-state index contributed by atoms with van der Waals surface area (Å²) in [6.07, 6.45) is 0. The zero-order chi connectivity index (χ0) is 44.2. The lowest BCUT2D eigenvalue weighted by Crippen LogP contribution is -2.48. The average molecular weight is 942 g/mol. The molecule has 328 valence electrons. The van der Waals surface area contributed by atoms with Crippen molar-refractivity contribution in [3.8, 4) is 39.8 Å². The zero-order valence-electron chi connectivity index (χ0n) is 34.7. The zero-order valence-corrected chi connectivity index (χ0v) is 38.8. The van der Waals surface area contributed by atoms with E-state index in [1.807, 2.05) is 48.9 Å². The summed E-state index contributed by atoms with van der Waals surface area (Å²) < 4.78 is 84.7. The lowest BCUT2D eigenvalue weighted by molar-refractivity contribution is 0.324. The maximum atomic E-state index is 13.7. The third-order valence-electron chi connectivity index (χ3n) is 10.5. The van der Waals surface area contributed by atoms with Gasteiger partial charge in [-0.1, -0.05) is 53.1 Å². The van der Waals surface area contributed by atoms with Gasteiger partial charge in [0, 0.05) is 74.2 Å². The van der Waals surface area contributed by atoms with Crippen molar-refractivity contribution in [2.75, 3.05) is 83.5 Å². The Morgan fingerprint density at radius 1 is 0.581 bits per heavy atom. The van der Waals surface area contributed by atoms with Crippen LogP contribution in [0.4, 0.5) is 14.7 Å². The molecule has 2 fully saturated rings. The molecule has 8 rings (SSSR count). The number of thiazole rings is 2. The smallest absolute Gasteiger partial charge is 0.243 e. The fraction of sp³-hybridized carbons (Fsp3) is 0.302. The predicted octanol–water partition coefficient (Wildman–Crippen LogP) is 8.08. The maximum absolute atomic E-state index is 13.7. The summed E-state index contributed by atoms with van der Waals surface area (Å²) in [6.45, 7) is 7.72. The number of hydrogen-bond donors (Lipinski definition) is 0. The fourth-order valence-corrected chi connectivity index (χ4v) is 11.7. The number of aromatic nitrogens is 2. The molecule has 0 radical (unpaired) electrons. The number of methoxy groups -OCH3 is 3. The minimum absolute atomic E-state index is 0.0788. The van der Waals surface area contributed by atoms with Gasteiger partial charge in [-0.05, 0) is 62.4 Å². The number of hydrogen-bond acceptors (Lipinski definition) is 13. The molecule has 62 heavy (non-hydrogen) atoms. The van der Waals surface area contributed by atoms with Crippen LogP contribution in [0.1, 0.15) is 11.1 Å². The third-order valence-corrected chi connectivity index (χ3v) is 16.4. The van der Waals surface area contributed by atoms with Crippen molar-refractivity contribution in [3.63, 3.8) is 0 Å². The highest BCUT2D eigenvalue weighted by molar-refractivity contribution is 7.89. The lowest BCUT2D eigenvalue weighted by atomic mass is 10.1. The van der Waals surface area contributed by atoms with Crippen LogP contribution in [-0.4, -0.2) is 109 Å². The molecule has 2 saturated heterocycles. The van der Waals surface area contributed by atoms with Crippen LogP contribution in [0.25, 0.3) is 22.5 Å². The summed E-state index contributed by atoms with van der Waals surface area (Å²) in [4.78, 5) is 14.2. The highest BCUT2D eigenvalue weighted by Crippen LogP contribution is 2.42. The second kappa shape index (κ2) is 19.3. The topological polar surface area (TPSA) is 135 Å². The van der Waals surface area contributed by atoms with Crippen LogP contribution < -0.4 is 24.0 Å². The standard InChI is InChI=1S/C23H27N3O5S2.C20H19ClFN3O2S2/c1-16-5-7-18(8-6-16)33(27,28)26-11-9-25(10-12-26)23-24-19(15-32-23)17-13-20(29-2)22(31-4)21(14-17)30-3;1-14-2-5-16(6-3-14)29(26,27)25-10-8-24(9-11-25)20-23-19(13-28-20)15-4-7-17(21)18(22)12-15/h5-8,13-15H,9-12H2,1-4H3;2-7,12-13H,8-11H2,1H3. The Labute approximate surface area is 375 Å². The molecule has 0 aliphatic carbocycles. The van der Waals surface area contributed by atoms with Crippen LogP contribution in [-0.2, 0) is 20.0 Å². The largest absolute Gasteiger partial charge is 0.493 e.